The molecule has 1 nitrogen and oxygen atoms in total. The molecule has 0 aliphatic rings. The fourth-order valence-electron chi connectivity index (χ4n) is 0.530. The Morgan fingerprint density at radius 2 is 2.44 bits per heavy atom. The summed E-state index contributed by atoms with van der Waals surface area (Å²) in [5, 5.41) is 2.36. The third-order valence-electron chi connectivity index (χ3n) is 0.919. The summed E-state index contributed by atoms with van der Waals surface area (Å²) in [4.78, 5) is 3.84. The molecule has 3 heteroatoms. The summed E-state index contributed by atoms with van der Waals surface area (Å²) in [6, 6.07) is 0. The zero-order valence-corrected chi connectivity index (χ0v) is 7.39. The minimum Gasteiger partial charge on any atom is -0.232 e. The zero-order chi connectivity index (χ0) is 7.11. The maximum atomic E-state index is 4.43. The van der Waals surface area contributed by atoms with Crippen molar-refractivity contribution in [3.05, 3.63) is 0 Å². The Kier molecular flexibility index (Phi) is 6.38. The van der Waals surface area contributed by atoms with Gasteiger partial charge in [0.15, 0.2) is 0 Å². The van der Waals surface area contributed by atoms with E-state index < -0.39 is 0 Å². The lowest BCUT2D eigenvalue weighted by atomic mass is 10.2. The molecule has 0 bridgehead atoms. The van der Waals surface area contributed by atoms with Gasteiger partial charge in [-0.1, -0.05) is 6.92 Å². The van der Waals surface area contributed by atoms with Crippen LogP contribution < -0.4 is 0 Å². The molecule has 0 spiro atoms. The molecule has 0 aromatic rings. The summed E-state index contributed by atoms with van der Waals surface area (Å²) < 4.78 is 0. The average Bonchev–Trinajstić information content (AvgIpc) is 1.85. The molecule has 0 saturated heterocycles. The normalized spacial score (nSPS) is 12.2. The van der Waals surface area contributed by atoms with Crippen molar-refractivity contribution < 1.29 is 0 Å². The van der Waals surface area contributed by atoms with Crippen molar-refractivity contribution in [1.29, 1.82) is 0 Å². The number of aliphatic imine (C=N–C) groups is 1. The van der Waals surface area contributed by atoms with Crippen LogP contribution in [0.5, 0.6) is 0 Å². The third kappa shape index (κ3) is 6.03. The Morgan fingerprint density at radius 3 is 2.89 bits per heavy atom. The number of rotatable bonds is 4. The number of thioether (sulfide) groups is 1. The lowest BCUT2D eigenvalue weighted by Gasteiger charge is -2.02. The highest BCUT2D eigenvalue weighted by Crippen LogP contribution is 2.03. The monoisotopic (exact) mass is 161 g/mol. The van der Waals surface area contributed by atoms with Gasteiger partial charge >= 0.3 is 0 Å². The lowest BCUT2D eigenvalue weighted by Crippen LogP contribution is -2.01. The predicted molar refractivity (Wildman–Crippen MR) is 47.4 cm³/mol. The maximum Gasteiger partial charge on any atom is 0.0585 e. The van der Waals surface area contributed by atoms with Gasteiger partial charge in [0.25, 0.3) is 0 Å². The fraction of sp³-hybridized carbons (Fsp3) is 0.833. The Balaban J connectivity index is 3.25. The zero-order valence-electron chi connectivity index (χ0n) is 5.76. The molecule has 0 amide bonds. The van der Waals surface area contributed by atoms with Crippen LogP contribution in [-0.2, 0) is 0 Å². The second-order valence-corrected chi connectivity index (χ2v) is 3.09. The molecule has 0 saturated carbocycles. The van der Waals surface area contributed by atoms with Gasteiger partial charge in [-0.25, -0.2) is 4.99 Å². The first-order valence-electron chi connectivity index (χ1n) is 2.83. The molecule has 0 heterocycles. The molecule has 0 aromatic heterocycles. The Morgan fingerprint density at radius 1 is 1.78 bits per heavy atom. The predicted octanol–water partition coefficient (Wildman–Crippen LogP) is 2.09. The molecule has 0 rings (SSSR count). The number of nitrogens with zero attached hydrogens (tertiary/aromatic N) is 1. The van der Waals surface area contributed by atoms with Crippen molar-refractivity contribution in [3.63, 3.8) is 0 Å². The van der Waals surface area contributed by atoms with Gasteiger partial charge in [0.1, 0.15) is 0 Å². The summed E-state index contributed by atoms with van der Waals surface area (Å²) in [6.45, 7) is 2.98. The first kappa shape index (κ1) is 9.15. The molecule has 1 atom stereocenters. The van der Waals surface area contributed by atoms with Crippen molar-refractivity contribution in [1.82, 2.24) is 0 Å². The average molecular weight is 161 g/mol. The van der Waals surface area contributed by atoms with Crippen LogP contribution in [0.1, 0.15) is 6.92 Å². The number of hydrogen-bond donors (Lipinski definition) is 0. The highest BCUT2D eigenvalue weighted by Gasteiger charge is 1.96. The van der Waals surface area contributed by atoms with E-state index in [0.717, 1.165) is 12.3 Å². The van der Waals surface area contributed by atoms with Crippen LogP contribution in [-0.4, -0.2) is 23.7 Å². The second kappa shape index (κ2) is 6.27. The SMILES string of the molecule is CSCC(C)CN=C=S. The van der Waals surface area contributed by atoms with Crippen LogP contribution in [0.15, 0.2) is 4.99 Å². The van der Waals surface area contributed by atoms with Crippen molar-refractivity contribution in [2.45, 2.75) is 6.92 Å². The topological polar surface area (TPSA) is 12.4 Å². The maximum absolute atomic E-state index is 4.43. The van der Waals surface area contributed by atoms with Crippen molar-refractivity contribution >= 4 is 29.1 Å². The van der Waals surface area contributed by atoms with Crippen molar-refractivity contribution in [2.75, 3.05) is 18.6 Å². The molecular weight excluding hydrogens is 150 g/mol. The van der Waals surface area contributed by atoms with E-state index in [2.05, 4.69) is 35.6 Å². The largest absolute Gasteiger partial charge is 0.232 e. The highest BCUT2D eigenvalue weighted by molar-refractivity contribution is 7.98. The second-order valence-electron chi connectivity index (χ2n) is 1.99. The quantitative estimate of drug-likeness (QED) is 0.462. The Hall–Kier alpha value is 0.150. The molecular formula is C6H11NS2. The first-order chi connectivity index (χ1) is 4.31. The van der Waals surface area contributed by atoms with Gasteiger partial charge in [-0.15, -0.1) is 0 Å². The molecule has 0 fully saturated rings. The molecule has 0 aliphatic carbocycles. The number of hydrogen-bond acceptors (Lipinski definition) is 3. The van der Waals surface area contributed by atoms with Gasteiger partial charge in [0.2, 0.25) is 0 Å². The summed E-state index contributed by atoms with van der Waals surface area (Å²) in [7, 11) is 0. The van der Waals surface area contributed by atoms with Crippen LogP contribution in [0.25, 0.3) is 0 Å². The van der Waals surface area contributed by atoms with E-state index in [0.29, 0.717) is 5.92 Å². The van der Waals surface area contributed by atoms with Gasteiger partial charge in [0.05, 0.1) is 11.7 Å². The summed E-state index contributed by atoms with van der Waals surface area (Å²) in [5.74, 6) is 1.79. The van der Waals surface area contributed by atoms with Crippen LogP contribution in [0.2, 0.25) is 0 Å². The van der Waals surface area contributed by atoms with Gasteiger partial charge in [-0.2, -0.15) is 11.8 Å². The molecule has 0 aliphatic heterocycles. The standard InChI is InChI=1S/C6H11NS2/c1-6(4-9-2)3-7-5-8/h6H,3-4H2,1-2H3. The van der Waals surface area contributed by atoms with E-state index in [4.69, 9.17) is 0 Å². The van der Waals surface area contributed by atoms with Crippen LogP contribution in [0.4, 0.5) is 0 Å². The van der Waals surface area contributed by atoms with Crippen LogP contribution in [0, 0.1) is 5.92 Å². The van der Waals surface area contributed by atoms with E-state index in [1.807, 2.05) is 11.8 Å². The Labute approximate surface area is 65.9 Å². The van der Waals surface area contributed by atoms with E-state index in [9.17, 15) is 0 Å². The lowest BCUT2D eigenvalue weighted by molar-refractivity contribution is 0.680. The number of isothiocyanates is 1. The molecule has 0 radical (unpaired) electrons. The van der Waals surface area contributed by atoms with Gasteiger partial charge in [-0.05, 0) is 30.1 Å². The van der Waals surface area contributed by atoms with E-state index in [1.54, 1.807) is 0 Å². The molecule has 52 valence electrons. The summed E-state index contributed by atoms with van der Waals surface area (Å²) in [6.07, 6.45) is 2.09. The molecule has 0 N–H and O–H groups in total. The van der Waals surface area contributed by atoms with E-state index >= 15 is 0 Å². The van der Waals surface area contributed by atoms with Gasteiger partial charge in [-0.3, -0.25) is 0 Å². The highest BCUT2D eigenvalue weighted by atomic mass is 32.2. The molecule has 9 heavy (non-hydrogen) atoms. The van der Waals surface area contributed by atoms with Gasteiger partial charge in [0, 0.05) is 0 Å². The van der Waals surface area contributed by atoms with E-state index in [1.165, 1.54) is 0 Å². The first-order valence-corrected chi connectivity index (χ1v) is 4.64. The minimum absolute atomic E-state index is 0.635. The minimum atomic E-state index is 0.635. The third-order valence-corrected chi connectivity index (χ3v) is 1.95. The smallest absolute Gasteiger partial charge is 0.0585 e. The van der Waals surface area contributed by atoms with Crippen molar-refractivity contribution in [3.8, 4) is 0 Å². The van der Waals surface area contributed by atoms with Gasteiger partial charge < -0.3 is 0 Å². The molecule has 1 unspecified atom stereocenters. The summed E-state index contributed by atoms with van der Waals surface area (Å²) >= 11 is 6.27. The fourth-order valence-corrected chi connectivity index (χ4v) is 1.28. The van der Waals surface area contributed by atoms with Crippen LogP contribution in [0.3, 0.4) is 0 Å². The van der Waals surface area contributed by atoms with Crippen molar-refractivity contribution in [2.24, 2.45) is 10.9 Å². The number of thiocarbonyl (C=S) groups is 1. The summed E-state index contributed by atoms with van der Waals surface area (Å²) in [5.41, 5.74) is 0. The van der Waals surface area contributed by atoms with Crippen LogP contribution >= 0.6 is 24.0 Å². The molecule has 0 aromatic carbocycles. The Bertz CT molecular complexity index is 108. The van der Waals surface area contributed by atoms with E-state index in [-0.39, 0.29) is 0 Å².